The summed E-state index contributed by atoms with van der Waals surface area (Å²) in [5, 5.41) is 0.760. The van der Waals surface area contributed by atoms with Gasteiger partial charge in [-0.15, -0.1) is 0 Å². The van der Waals surface area contributed by atoms with E-state index in [1.165, 1.54) is 22.2 Å². The standard InChI is InChI=1S/C25H25ClN2/c1-25(2,3)20-12-8-19(9-13-20)17-28-23-7-5-4-6-22(23)27-24(28)16-18-10-14-21(26)15-11-18/h4-15H,16-17H2,1-3H3. The molecule has 1 aromatic heterocycles. The third-order valence-corrected chi connectivity index (χ3v) is 5.42. The van der Waals surface area contributed by atoms with Crippen molar-refractivity contribution in [3.8, 4) is 0 Å². The van der Waals surface area contributed by atoms with E-state index in [-0.39, 0.29) is 5.41 Å². The Morgan fingerprint density at radius 1 is 0.821 bits per heavy atom. The van der Waals surface area contributed by atoms with Crippen LogP contribution in [0.3, 0.4) is 0 Å². The van der Waals surface area contributed by atoms with Crippen molar-refractivity contribution in [1.82, 2.24) is 9.55 Å². The number of para-hydroxylation sites is 2. The second-order valence-electron chi connectivity index (χ2n) is 8.35. The molecule has 0 aliphatic carbocycles. The van der Waals surface area contributed by atoms with Crippen LogP contribution in [0.1, 0.15) is 43.3 Å². The quantitative estimate of drug-likeness (QED) is 0.383. The van der Waals surface area contributed by atoms with Gasteiger partial charge in [0.15, 0.2) is 0 Å². The average molecular weight is 389 g/mol. The first-order valence-electron chi connectivity index (χ1n) is 9.68. The topological polar surface area (TPSA) is 17.8 Å². The highest BCUT2D eigenvalue weighted by Gasteiger charge is 2.14. The summed E-state index contributed by atoms with van der Waals surface area (Å²) < 4.78 is 2.33. The van der Waals surface area contributed by atoms with E-state index in [0.717, 1.165) is 29.3 Å². The monoisotopic (exact) mass is 388 g/mol. The van der Waals surface area contributed by atoms with Gasteiger partial charge < -0.3 is 4.57 Å². The van der Waals surface area contributed by atoms with Crippen LogP contribution in [0.15, 0.2) is 72.8 Å². The molecular formula is C25H25ClN2. The van der Waals surface area contributed by atoms with Crippen LogP contribution in [0.5, 0.6) is 0 Å². The second-order valence-corrected chi connectivity index (χ2v) is 8.79. The summed E-state index contributed by atoms with van der Waals surface area (Å²) in [6.45, 7) is 7.55. The molecule has 4 aromatic rings. The third-order valence-electron chi connectivity index (χ3n) is 5.17. The number of benzene rings is 3. The maximum atomic E-state index is 6.04. The van der Waals surface area contributed by atoms with Gasteiger partial charge in [-0.2, -0.15) is 0 Å². The number of imidazole rings is 1. The minimum Gasteiger partial charge on any atom is -0.323 e. The molecule has 0 amide bonds. The minimum atomic E-state index is 0.167. The maximum Gasteiger partial charge on any atom is 0.114 e. The summed E-state index contributed by atoms with van der Waals surface area (Å²) in [7, 11) is 0. The van der Waals surface area contributed by atoms with Crippen LogP contribution < -0.4 is 0 Å². The van der Waals surface area contributed by atoms with Crippen LogP contribution in [0.2, 0.25) is 5.02 Å². The van der Waals surface area contributed by atoms with Crippen LogP contribution in [0.25, 0.3) is 11.0 Å². The number of halogens is 1. The zero-order valence-corrected chi connectivity index (χ0v) is 17.4. The molecule has 2 nitrogen and oxygen atoms in total. The van der Waals surface area contributed by atoms with Crippen LogP contribution in [-0.2, 0) is 18.4 Å². The number of hydrogen-bond acceptors (Lipinski definition) is 1. The smallest absolute Gasteiger partial charge is 0.114 e. The summed E-state index contributed by atoms with van der Waals surface area (Å²) in [6, 6.07) is 25.3. The van der Waals surface area contributed by atoms with E-state index in [1.807, 2.05) is 18.2 Å². The van der Waals surface area contributed by atoms with E-state index in [1.54, 1.807) is 0 Å². The van der Waals surface area contributed by atoms with Crippen LogP contribution >= 0.6 is 11.6 Å². The van der Waals surface area contributed by atoms with E-state index in [9.17, 15) is 0 Å². The predicted molar refractivity (Wildman–Crippen MR) is 118 cm³/mol. The molecule has 142 valence electrons. The molecule has 0 saturated carbocycles. The van der Waals surface area contributed by atoms with Gasteiger partial charge in [0.1, 0.15) is 5.82 Å². The molecule has 0 N–H and O–H groups in total. The van der Waals surface area contributed by atoms with Gasteiger partial charge in [-0.05, 0) is 46.4 Å². The molecule has 1 heterocycles. The number of hydrogen-bond donors (Lipinski definition) is 0. The Morgan fingerprint density at radius 3 is 2.14 bits per heavy atom. The van der Waals surface area contributed by atoms with Gasteiger partial charge >= 0.3 is 0 Å². The number of rotatable bonds is 4. The van der Waals surface area contributed by atoms with E-state index in [2.05, 4.69) is 79.9 Å². The van der Waals surface area contributed by atoms with Crippen LogP contribution in [0.4, 0.5) is 0 Å². The molecular weight excluding hydrogens is 364 g/mol. The van der Waals surface area contributed by atoms with E-state index in [0.29, 0.717) is 0 Å². The molecule has 0 unspecified atom stereocenters. The fraction of sp³-hybridized carbons (Fsp3) is 0.240. The Hall–Kier alpha value is -2.58. The fourth-order valence-corrected chi connectivity index (χ4v) is 3.64. The van der Waals surface area contributed by atoms with Crippen LogP contribution in [-0.4, -0.2) is 9.55 Å². The number of nitrogens with zero attached hydrogens (tertiary/aromatic N) is 2. The molecule has 0 atom stereocenters. The molecule has 28 heavy (non-hydrogen) atoms. The van der Waals surface area contributed by atoms with Gasteiger partial charge in [0.2, 0.25) is 0 Å². The Kier molecular flexibility index (Phi) is 4.99. The average Bonchev–Trinajstić information content (AvgIpc) is 3.01. The number of fused-ring (bicyclic) bond motifs is 1. The Bertz CT molecular complexity index is 1080. The molecule has 0 spiro atoms. The fourth-order valence-electron chi connectivity index (χ4n) is 3.51. The van der Waals surface area contributed by atoms with Gasteiger partial charge in [-0.3, -0.25) is 0 Å². The minimum absolute atomic E-state index is 0.167. The molecule has 0 aliphatic heterocycles. The number of aromatic nitrogens is 2. The molecule has 0 saturated heterocycles. The van der Waals surface area contributed by atoms with Crippen molar-refractivity contribution in [2.45, 2.75) is 39.2 Å². The third kappa shape index (κ3) is 3.98. The molecule has 3 aromatic carbocycles. The molecule has 3 heteroatoms. The molecule has 0 radical (unpaired) electrons. The van der Waals surface area contributed by atoms with Gasteiger partial charge in [-0.1, -0.05) is 80.9 Å². The lowest BCUT2D eigenvalue weighted by Gasteiger charge is -2.19. The van der Waals surface area contributed by atoms with Crippen molar-refractivity contribution < 1.29 is 0 Å². The Morgan fingerprint density at radius 2 is 1.46 bits per heavy atom. The second kappa shape index (κ2) is 7.44. The lowest BCUT2D eigenvalue weighted by molar-refractivity contribution is 0.589. The van der Waals surface area contributed by atoms with Gasteiger partial charge in [0, 0.05) is 18.0 Å². The first-order chi connectivity index (χ1) is 13.4. The molecule has 0 bridgehead atoms. The first-order valence-corrected chi connectivity index (χ1v) is 10.1. The first kappa shape index (κ1) is 18.8. The maximum absolute atomic E-state index is 6.04. The highest BCUT2D eigenvalue weighted by Crippen LogP contribution is 2.24. The Labute approximate surface area is 171 Å². The summed E-state index contributed by atoms with van der Waals surface area (Å²) >= 11 is 6.04. The van der Waals surface area contributed by atoms with Gasteiger partial charge in [0.25, 0.3) is 0 Å². The highest BCUT2D eigenvalue weighted by molar-refractivity contribution is 6.30. The van der Waals surface area contributed by atoms with Gasteiger partial charge in [-0.25, -0.2) is 4.98 Å². The van der Waals surface area contributed by atoms with E-state index >= 15 is 0 Å². The van der Waals surface area contributed by atoms with Gasteiger partial charge in [0.05, 0.1) is 11.0 Å². The highest BCUT2D eigenvalue weighted by atomic mass is 35.5. The zero-order chi connectivity index (χ0) is 19.7. The Balaban J connectivity index is 1.69. The summed E-state index contributed by atoms with van der Waals surface area (Å²) in [4.78, 5) is 4.91. The summed E-state index contributed by atoms with van der Waals surface area (Å²) in [5.74, 6) is 1.07. The normalized spacial score (nSPS) is 11.9. The van der Waals surface area contributed by atoms with Crippen molar-refractivity contribution in [3.63, 3.8) is 0 Å². The van der Waals surface area contributed by atoms with Crippen molar-refractivity contribution in [1.29, 1.82) is 0 Å². The zero-order valence-electron chi connectivity index (χ0n) is 16.6. The van der Waals surface area contributed by atoms with E-state index < -0.39 is 0 Å². The molecule has 0 aliphatic rings. The predicted octanol–water partition coefficient (Wildman–Crippen LogP) is 6.63. The van der Waals surface area contributed by atoms with Crippen molar-refractivity contribution in [3.05, 3.63) is 100 Å². The van der Waals surface area contributed by atoms with E-state index in [4.69, 9.17) is 16.6 Å². The largest absolute Gasteiger partial charge is 0.323 e. The molecule has 4 rings (SSSR count). The lowest BCUT2D eigenvalue weighted by Crippen LogP contribution is -2.11. The van der Waals surface area contributed by atoms with Crippen LogP contribution in [0, 0.1) is 0 Å². The van der Waals surface area contributed by atoms with Crippen molar-refractivity contribution >= 4 is 22.6 Å². The lowest BCUT2D eigenvalue weighted by atomic mass is 9.87. The molecule has 0 fully saturated rings. The SMILES string of the molecule is CC(C)(C)c1ccc(Cn2c(Cc3ccc(Cl)cc3)nc3ccccc32)cc1. The summed E-state index contributed by atoms with van der Waals surface area (Å²) in [6.07, 6.45) is 0.784. The van der Waals surface area contributed by atoms with Crippen molar-refractivity contribution in [2.24, 2.45) is 0 Å². The summed E-state index contributed by atoms with van der Waals surface area (Å²) in [5.41, 5.74) is 6.23. The van der Waals surface area contributed by atoms with Crippen molar-refractivity contribution in [2.75, 3.05) is 0 Å².